The molecule has 4 heterocycles. The SMILES string of the molecule is CC1(C)[C@@H]2[C@@H](C(=O)N[C@H](C#N)CC3CCNC3=O)N(C(=O)c3cn4cccc4cn3)C[C@@H]21. The van der Waals surface area contributed by atoms with Gasteiger partial charge in [0.15, 0.2) is 0 Å². The molecule has 1 unspecified atom stereocenters. The smallest absolute Gasteiger partial charge is 0.274 e. The number of fused-ring (bicyclic) bond motifs is 2. The van der Waals surface area contributed by atoms with Crippen molar-refractivity contribution in [1.29, 1.82) is 5.26 Å². The second kappa shape index (κ2) is 7.33. The molecule has 0 radical (unpaired) electrons. The minimum absolute atomic E-state index is 0.0376. The van der Waals surface area contributed by atoms with E-state index in [2.05, 4.69) is 35.5 Å². The second-order valence-corrected chi connectivity index (χ2v) is 9.67. The van der Waals surface area contributed by atoms with E-state index in [9.17, 15) is 19.6 Å². The van der Waals surface area contributed by atoms with Crippen LogP contribution in [-0.4, -0.2) is 57.2 Å². The van der Waals surface area contributed by atoms with E-state index in [-0.39, 0.29) is 53.0 Å². The summed E-state index contributed by atoms with van der Waals surface area (Å²) >= 11 is 0. The van der Waals surface area contributed by atoms with Crippen LogP contribution in [0.25, 0.3) is 5.52 Å². The maximum atomic E-state index is 13.3. The van der Waals surface area contributed by atoms with Crippen LogP contribution in [-0.2, 0) is 9.59 Å². The van der Waals surface area contributed by atoms with E-state index in [4.69, 9.17) is 0 Å². The highest BCUT2D eigenvalue weighted by atomic mass is 16.2. The van der Waals surface area contributed by atoms with Gasteiger partial charge in [0.2, 0.25) is 11.8 Å². The van der Waals surface area contributed by atoms with Gasteiger partial charge in [0.25, 0.3) is 5.91 Å². The van der Waals surface area contributed by atoms with Crippen molar-refractivity contribution in [2.45, 2.75) is 38.8 Å². The molecule has 1 saturated carbocycles. The summed E-state index contributed by atoms with van der Waals surface area (Å²) < 4.78 is 1.83. The number of nitrogens with zero attached hydrogens (tertiary/aromatic N) is 4. The van der Waals surface area contributed by atoms with Crippen LogP contribution >= 0.6 is 0 Å². The lowest BCUT2D eigenvalue weighted by Gasteiger charge is -2.30. The van der Waals surface area contributed by atoms with Gasteiger partial charge in [0.1, 0.15) is 17.8 Å². The lowest BCUT2D eigenvalue weighted by molar-refractivity contribution is -0.127. The predicted octanol–water partition coefficient (Wildman–Crippen LogP) is 0.965. The highest BCUT2D eigenvalue weighted by molar-refractivity contribution is 5.97. The van der Waals surface area contributed by atoms with Crippen molar-refractivity contribution < 1.29 is 14.4 Å². The van der Waals surface area contributed by atoms with Gasteiger partial charge in [-0.2, -0.15) is 5.26 Å². The number of carbonyl (C=O) groups excluding carboxylic acids is 3. The van der Waals surface area contributed by atoms with Gasteiger partial charge in [-0.3, -0.25) is 14.4 Å². The standard InChI is InChI=1S/C23H26N6O3/c1-23(2)16-11-29(22(32)17-12-28-7-3-4-15(28)10-26-17)19(18(16)23)21(31)27-14(9-24)8-13-5-6-25-20(13)30/h3-4,7,10,12-14,16,18-19H,5-6,8,11H2,1-2H3,(H,25,30)(H,27,31)/t13?,14-,16-,18-,19-/m0/s1. The Balaban J connectivity index is 1.35. The lowest BCUT2D eigenvalue weighted by Crippen LogP contribution is -2.52. The molecule has 5 atom stereocenters. The highest BCUT2D eigenvalue weighted by Crippen LogP contribution is 2.65. The van der Waals surface area contributed by atoms with Gasteiger partial charge in [-0.25, -0.2) is 4.98 Å². The molecule has 166 valence electrons. The van der Waals surface area contributed by atoms with Crippen LogP contribution in [0, 0.1) is 34.5 Å². The van der Waals surface area contributed by atoms with Gasteiger partial charge < -0.3 is 19.9 Å². The molecule has 1 aliphatic carbocycles. The van der Waals surface area contributed by atoms with E-state index in [0.29, 0.717) is 19.5 Å². The molecule has 2 aromatic heterocycles. The molecule has 0 aromatic carbocycles. The number of aromatic nitrogens is 2. The Kier molecular flexibility index (Phi) is 4.69. The maximum absolute atomic E-state index is 13.3. The Morgan fingerprint density at radius 1 is 1.44 bits per heavy atom. The number of likely N-dealkylation sites (tertiary alicyclic amines) is 1. The Bertz CT molecular complexity index is 1150. The molecule has 2 saturated heterocycles. The molecule has 2 N–H and O–H groups in total. The number of amides is 3. The highest BCUT2D eigenvalue weighted by Gasteiger charge is 2.69. The van der Waals surface area contributed by atoms with E-state index in [1.807, 2.05) is 22.7 Å². The Morgan fingerprint density at radius 3 is 2.97 bits per heavy atom. The normalized spacial score (nSPS) is 28.7. The molecule has 5 rings (SSSR count). The van der Waals surface area contributed by atoms with Crippen LogP contribution in [0.4, 0.5) is 0 Å². The molecule has 3 aliphatic rings. The molecule has 0 bridgehead atoms. The van der Waals surface area contributed by atoms with Crippen molar-refractivity contribution >= 4 is 23.2 Å². The Labute approximate surface area is 185 Å². The first kappa shape index (κ1) is 20.5. The van der Waals surface area contributed by atoms with Crippen molar-refractivity contribution in [3.05, 3.63) is 36.4 Å². The molecular weight excluding hydrogens is 408 g/mol. The summed E-state index contributed by atoms with van der Waals surface area (Å²) in [5.74, 6) is -0.693. The average Bonchev–Trinajstić information content (AvgIpc) is 3.31. The van der Waals surface area contributed by atoms with Gasteiger partial charge >= 0.3 is 0 Å². The summed E-state index contributed by atoms with van der Waals surface area (Å²) in [7, 11) is 0. The number of piperidine rings is 1. The maximum Gasteiger partial charge on any atom is 0.274 e. The first-order valence-corrected chi connectivity index (χ1v) is 11.0. The quantitative estimate of drug-likeness (QED) is 0.727. The molecule has 9 nitrogen and oxygen atoms in total. The first-order valence-electron chi connectivity index (χ1n) is 11.0. The summed E-state index contributed by atoms with van der Waals surface area (Å²) in [5.41, 5.74) is 1.13. The summed E-state index contributed by atoms with van der Waals surface area (Å²) in [5, 5.41) is 15.2. The van der Waals surface area contributed by atoms with Crippen LogP contribution in [0.15, 0.2) is 30.7 Å². The van der Waals surface area contributed by atoms with Crippen molar-refractivity contribution in [3.63, 3.8) is 0 Å². The minimum atomic E-state index is -0.774. The first-order chi connectivity index (χ1) is 15.3. The number of hydrogen-bond donors (Lipinski definition) is 2. The summed E-state index contributed by atoms with van der Waals surface area (Å²) in [6, 6.07) is 4.46. The van der Waals surface area contributed by atoms with Crippen LogP contribution in [0.1, 0.15) is 37.2 Å². The van der Waals surface area contributed by atoms with Crippen LogP contribution < -0.4 is 10.6 Å². The second-order valence-electron chi connectivity index (χ2n) is 9.67. The molecule has 3 fully saturated rings. The fraction of sp³-hybridized carbons (Fsp3) is 0.522. The lowest BCUT2D eigenvalue weighted by atomic mass is 9.97. The van der Waals surface area contributed by atoms with Crippen LogP contribution in [0.5, 0.6) is 0 Å². The number of nitrogens with one attached hydrogen (secondary N) is 2. The summed E-state index contributed by atoms with van der Waals surface area (Å²) in [6.45, 7) is 5.30. The van der Waals surface area contributed by atoms with Crippen LogP contribution in [0.3, 0.4) is 0 Å². The van der Waals surface area contributed by atoms with Gasteiger partial charge in [-0.05, 0) is 42.2 Å². The number of hydrogen-bond acceptors (Lipinski definition) is 5. The van der Waals surface area contributed by atoms with Gasteiger partial charge in [0, 0.05) is 31.4 Å². The molecule has 2 aliphatic heterocycles. The van der Waals surface area contributed by atoms with Gasteiger partial charge in [-0.1, -0.05) is 13.8 Å². The third kappa shape index (κ3) is 3.22. The van der Waals surface area contributed by atoms with Crippen LogP contribution in [0.2, 0.25) is 0 Å². The molecule has 9 heteroatoms. The number of rotatable bonds is 5. The van der Waals surface area contributed by atoms with E-state index in [1.165, 1.54) is 0 Å². The van der Waals surface area contributed by atoms with Gasteiger partial charge in [0.05, 0.1) is 17.8 Å². The van der Waals surface area contributed by atoms with Crippen molar-refractivity contribution in [2.24, 2.45) is 23.2 Å². The molecule has 0 spiro atoms. The monoisotopic (exact) mass is 434 g/mol. The summed E-state index contributed by atoms with van der Waals surface area (Å²) in [6.07, 6.45) is 6.10. The zero-order valence-electron chi connectivity index (χ0n) is 18.1. The predicted molar refractivity (Wildman–Crippen MR) is 114 cm³/mol. The van der Waals surface area contributed by atoms with E-state index >= 15 is 0 Å². The number of nitriles is 1. The van der Waals surface area contributed by atoms with Gasteiger partial charge in [-0.15, -0.1) is 0 Å². The minimum Gasteiger partial charge on any atom is -0.356 e. The Morgan fingerprint density at radius 2 is 2.25 bits per heavy atom. The Hall–Kier alpha value is -3.41. The molecule has 2 aromatic rings. The number of carbonyl (C=O) groups is 3. The third-order valence-corrected chi connectivity index (χ3v) is 7.52. The third-order valence-electron chi connectivity index (χ3n) is 7.52. The van der Waals surface area contributed by atoms with Crippen molar-refractivity contribution in [2.75, 3.05) is 13.1 Å². The van der Waals surface area contributed by atoms with Crippen molar-refractivity contribution in [1.82, 2.24) is 24.9 Å². The average molecular weight is 435 g/mol. The fourth-order valence-corrected chi connectivity index (χ4v) is 5.54. The largest absolute Gasteiger partial charge is 0.356 e. The van der Waals surface area contributed by atoms with Crippen molar-refractivity contribution in [3.8, 4) is 6.07 Å². The topological polar surface area (TPSA) is 120 Å². The molecule has 32 heavy (non-hydrogen) atoms. The molecular formula is C23H26N6O3. The zero-order valence-corrected chi connectivity index (χ0v) is 18.1. The summed E-state index contributed by atoms with van der Waals surface area (Å²) in [4.78, 5) is 44.5. The van der Waals surface area contributed by atoms with E-state index in [1.54, 1.807) is 17.3 Å². The van der Waals surface area contributed by atoms with E-state index in [0.717, 1.165) is 5.52 Å². The molecule has 3 amide bonds. The fourth-order valence-electron chi connectivity index (χ4n) is 5.54. The zero-order chi connectivity index (χ0) is 22.6. The van der Waals surface area contributed by atoms with E-state index < -0.39 is 12.1 Å².